The van der Waals surface area contributed by atoms with E-state index in [1.807, 2.05) is 6.07 Å². The second-order valence-corrected chi connectivity index (χ2v) is 8.38. The molecule has 0 radical (unpaired) electrons. The predicted molar refractivity (Wildman–Crippen MR) is 123 cm³/mol. The molecule has 8 heteroatoms. The van der Waals surface area contributed by atoms with Gasteiger partial charge in [-0.1, -0.05) is 36.4 Å². The van der Waals surface area contributed by atoms with Crippen LogP contribution in [0.5, 0.6) is 5.75 Å². The van der Waals surface area contributed by atoms with E-state index < -0.39 is 11.8 Å². The van der Waals surface area contributed by atoms with Gasteiger partial charge in [0.25, 0.3) is 11.8 Å². The molecule has 3 aromatic rings. The average Bonchev–Trinajstić information content (AvgIpc) is 3.03. The van der Waals surface area contributed by atoms with Crippen LogP contribution in [0.2, 0.25) is 0 Å². The van der Waals surface area contributed by atoms with Crippen molar-refractivity contribution in [2.75, 3.05) is 5.01 Å². The lowest BCUT2D eigenvalue weighted by molar-refractivity contribution is -0.117. The number of carbonyl (C=O) groups excluding carboxylic acids is 2. The maximum absolute atomic E-state index is 13.8. The lowest BCUT2D eigenvalue weighted by Gasteiger charge is -2.14. The number of nitrogens with zero attached hydrogens (tertiary/aromatic N) is 1. The van der Waals surface area contributed by atoms with Crippen molar-refractivity contribution >= 4 is 55.4 Å². The summed E-state index contributed by atoms with van der Waals surface area (Å²) >= 11 is 6.89. The largest absolute Gasteiger partial charge is 0.486 e. The Morgan fingerprint density at radius 1 is 0.968 bits per heavy atom. The molecule has 0 saturated carbocycles. The van der Waals surface area contributed by atoms with Crippen LogP contribution in [0, 0.1) is 5.82 Å². The highest BCUT2D eigenvalue weighted by Crippen LogP contribution is 2.36. The van der Waals surface area contributed by atoms with E-state index in [0.29, 0.717) is 31.5 Å². The minimum Gasteiger partial charge on any atom is -0.486 e. The summed E-state index contributed by atoms with van der Waals surface area (Å²) in [5.41, 5.74) is 4.20. The zero-order valence-electron chi connectivity index (χ0n) is 15.9. The molecule has 0 aromatic heterocycles. The highest BCUT2D eigenvalue weighted by Gasteiger charge is 2.34. The molecule has 1 aliphatic heterocycles. The van der Waals surface area contributed by atoms with Gasteiger partial charge in [0.1, 0.15) is 23.7 Å². The predicted octanol–water partition coefficient (Wildman–Crippen LogP) is 5.39. The van der Waals surface area contributed by atoms with Crippen LogP contribution < -0.4 is 15.2 Å². The van der Waals surface area contributed by atoms with Crippen molar-refractivity contribution in [3.05, 3.63) is 98.2 Å². The topological polar surface area (TPSA) is 58.6 Å². The quantitative estimate of drug-likeness (QED) is 0.345. The Morgan fingerprint density at radius 2 is 1.61 bits per heavy atom. The van der Waals surface area contributed by atoms with Gasteiger partial charge < -0.3 is 4.74 Å². The number of amides is 2. The minimum atomic E-state index is -0.485. The second-order valence-electron chi connectivity index (χ2n) is 6.67. The summed E-state index contributed by atoms with van der Waals surface area (Å²) in [6.45, 7) is 0.0528. The Labute approximate surface area is 194 Å². The Balaban J connectivity index is 1.56. The molecule has 0 atom stereocenters. The van der Waals surface area contributed by atoms with Crippen molar-refractivity contribution in [1.82, 2.24) is 5.43 Å². The summed E-state index contributed by atoms with van der Waals surface area (Å²) in [6, 6.07) is 18.7. The van der Waals surface area contributed by atoms with E-state index in [9.17, 15) is 14.0 Å². The van der Waals surface area contributed by atoms with Crippen molar-refractivity contribution in [3.8, 4) is 5.75 Å². The SMILES string of the molecule is O=C1NN(c2ccccc2)C(=O)/C1=C/c1cc(Br)c(OCc2ccccc2F)c(Br)c1. The van der Waals surface area contributed by atoms with Crippen LogP contribution in [0.3, 0.4) is 0 Å². The van der Waals surface area contributed by atoms with Crippen molar-refractivity contribution in [2.45, 2.75) is 6.61 Å². The molecule has 0 unspecified atom stereocenters. The number of ether oxygens (including phenoxy) is 1. The van der Waals surface area contributed by atoms with Crippen LogP contribution in [0.15, 0.2) is 81.2 Å². The molecule has 2 amide bonds. The first-order valence-corrected chi connectivity index (χ1v) is 10.8. The van der Waals surface area contributed by atoms with Gasteiger partial charge in [-0.3, -0.25) is 15.0 Å². The van der Waals surface area contributed by atoms with E-state index in [1.54, 1.807) is 54.6 Å². The fraction of sp³-hybridized carbons (Fsp3) is 0.0435. The zero-order valence-corrected chi connectivity index (χ0v) is 19.1. The smallest absolute Gasteiger partial charge is 0.282 e. The van der Waals surface area contributed by atoms with Gasteiger partial charge in [0.05, 0.1) is 14.6 Å². The molecule has 1 fully saturated rings. The summed E-state index contributed by atoms with van der Waals surface area (Å²) in [5.74, 6) is -0.785. The summed E-state index contributed by atoms with van der Waals surface area (Å²) in [6.07, 6.45) is 1.51. The van der Waals surface area contributed by atoms with Crippen molar-refractivity contribution in [2.24, 2.45) is 0 Å². The fourth-order valence-electron chi connectivity index (χ4n) is 3.05. The third-order valence-electron chi connectivity index (χ3n) is 4.57. The molecule has 3 aromatic carbocycles. The van der Waals surface area contributed by atoms with E-state index in [4.69, 9.17) is 4.74 Å². The lowest BCUT2D eigenvalue weighted by atomic mass is 10.1. The first-order valence-electron chi connectivity index (χ1n) is 9.21. The molecular formula is C23H15Br2FN2O3. The first-order chi connectivity index (χ1) is 14.9. The van der Waals surface area contributed by atoms with Crippen molar-refractivity contribution < 1.29 is 18.7 Å². The number of benzene rings is 3. The highest BCUT2D eigenvalue weighted by atomic mass is 79.9. The zero-order chi connectivity index (χ0) is 22.0. The third-order valence-corrected chi connectivity index (χ3v) is 5.75. The van der Waals surface area contributed by atoms with E-state index in [1.165, 1.54) is 17.2 Å². The molecule has 156 valence electrons. The Hall–Kier alpha value is -2.97. The number of halogens is 3. The molecule has 0 aliphatic carbocycles. The number of rotatable bonds is 5. The fourth-order valence-corrected chi connectivity index (χ4v) is 4.50. The van der Waals surface area contributed by atoms with E-state index >= 15 is 0 Å². The van der Waals surface area contributed by atoms with Crippen molar-refractivity contribution in [1.29, 1.82) is 0 Å². The summed E-state index contributed by atoms with van der Waals surface area (Å²) in [5, 5.41) is 1.21. The number of hydrogen-bond donors (Lipinski definition) is 1. The summed E-state index contributed by atoms with van der Waals surface area (Å²) in [4.78, 5) is 25.1. The Morgan fingerprint density at radius 3 is 2.29 bits per heavy atom. The Bertz CT molecular complexity index is 1180. The van der Waals surface area contributed by atoms with Gasteiger partial charge in [-0.05, 0) is 73.8 Å². The Kier molecular flexibility index (Phi) is 6.20. The summed E-state index contributed by atoms with van der Waals surface area (Å²) in [7, 11) is 0. The van der Waals surface area contributed by atoms with Crippen molar-refractivity contribution in [3.63, 3.8) is 0 Å². The number of carbonyl (C=O) groups is 2. The van der Waals surface area contributed by atoms with Crippen LogP contribution in [0.4, 0.5) is 10.1 Å². The molecule has 1 aliphatic rings. The van der Waals surface area contributed by atoms with Gasteiger partial charge in [0.15, 0.2) is 0 Å². The molecule has 31 heavy (non-hydrogen) atoms. The van der Waals surface area contributed by atoms with Gasteiger partial charge in [-0.15, -0.1) is 0 Å². The van der Waals surface area contributed by atoms with Gasteiger partial charge in [0, 0.05) is 5.56 Å². The summed E-state index contributed by atoms with van der Waals surface area (Å²) < 4.78 is 20.8. The van der Waals surface area contributed by atoms with Crippen LogP contribution in [-0.2, 0) is 16.2 Å². The molecule has 0 bridgehead atoms. The molecule has 1 N–H and O–H groups in total. The molecule has 1 saturated heterocycles. The van der Waals surface area contributed by atoms with Crippen LogP contribution in [0.1, 0.15) is 11.1 Å². The number of para-hydroxylation sites is 1. The molecule has 0 spiro atoms. The number of hydrazine groups is 1. The second kappa shape index (κ2) is 9.03. The van der Waals surface area contributed by atoms with Gasteiger partial charge in [-0.2, -0.15) is 0 Å². The van der Waals surface area contributed by atoms with Gasteiger partial charge >= 0.3 is 0 Å². The molecule has 1 heterocycles. The minimum absolute atomic E-state index is 0.0164. The van der Waals surface area contributed by atoms with Crippen LogP contribution >= 0.6 is 31.9 Å². The molecule has 5 nitrogen and oxygen atoms in total. The highest BCUT2D eigenvalue weighted by molar-refractivity contribution is 9.11. The maximum Gasteiger partial charge on any atom is 0.282 e. The molecule has 4 rings (SSSR count). The lowest BCUT2D eigenvalue weighted by Crippen LogP contribution is -2.35. The average molecular weight is 546 g/mol. The maximum atomic E-state index is 13.8. The van der Waals surface area contributed by atoms with E-state index in [0.717, 1.165) is 0 Å². The van der Waals surface area contributed by atoms with Gasteiger partial charge in [0.2, 0.25) is 0 Å². The van der Waals surface area contributed by atoms with Gasteiger partial charge in [-0.25, -0.2) is 9.40 Å². The number of hydrogen-bond acceptors (Lipinski definition) is 3. The normalized spacial score (nSPS) is 14.8. The standard InChI is InChI=1S/C23H15Br2FN2O3/c24-18-11-14(12-19(25)21(18)31-13-15-6-4-5-9-20(15)26)10-17-22(29)27-28(23(17)30)16-7-2-1-3-8-16/h1-12H,13H2,(H,27,29)/b17-10+. The number of anilines is 1. The molecular weight excluding hydrogens is 531 g/mol. The number of nitrogens with one attached hydrogen (secondary N) is 1. The van der Waals surface area contributed by atoms with Crippen LogP contribution in [0.25, 0.3) is 6.08 Å². The van der Waals surface area contributed by atoms with E-state index in [-0.39, 0.29) is 18.0 Å². The third kappa shape index (κ3) is 4.55. The van der Waals surface area contributed by atoms with E-state index in [2.05, 4.69) is 37.3 Å². The first kappa shape index (κ1) is 21.3. The van der Waals surface area contributed by atoms with Crippen LogP contribution in [-0.4, -0.2) is 11.8 Å². The monoisotopic (exact) mass is 544 g/mol.